The summed E-state index contributed by atoms with van der Waals surface area (Å²) in [6.45, 7) is 6.56. The molecule has 0 amide bonds. The van der Waals surface area contributed by atoms with Gasteiger partial charge in [0, 0.05) is 5.41 Å². The fraction of sp³-hybridized carbons (Fsp3) is 0.900. The van der Waals surface area contributed by atoms with Crippen molar-refractivity contribution >= 4 is 5.71 Å². The van der Waals surface area contributed by atoms with Gasteiger partial charge in [0.1, 0.15) is 0 Å². The molecule has 0 aromatic carbocycles. The molecule has 2 saturated carbocycles. The Morgan fingerprint density at radius 1 is 1.50 bits per heavy atom. The normalized spacial score (nSPS) is 41.9. The molecule has 0 N–H and O–H groups in total. The third-order valence-corrected chi connectivity index (χ3v) is 4.71. The van der Waals surface area contributed by atoms with Gasteiger partial charge >= 0.3 is 0 Å². The van der Waals surface area contributed by atoms with E-state index in [0.29, 0.717) is 5.92 Å². The third kappa shape index (κ3) is 0.967. The summed E-state index contributed by atoms with van der Waals surface area (Å²) in [5.41, 5.74) is 0.954. The Morgan fingerprint density at radius 3 is 2.50 bits per heavy atom. The van der Waals surface area contributed by atoms with E-state index < -0.39 is 5.03 Å². The van der Waals surface area contributed by atoms with Crippen LogP contribution >= 0.6 is 0 Å². The predicted molar refractivity (Wildman–Crippen MR) is 53.7 cm³/mol. The summed E-state index contributed by atoms with van der Waals surface area (Å²) >= 11 is 0. The summed E-state index contributed by atoms with van der Waals surface area (Å²) in [4.78, 5) is 10.4. The highest BCUT2D eigenvalue weighted by Gasteiger charge is 2.61. The fourth-order valence-corrected chi connectivity index (χ4v) is 3.18. The van der Waals surface area contributed by atoms with E-state index in [2.05, 4.69) is 25.9 Å². The molecule has 0 radical (unpaired) electrons. The molecule has 2 rings (SSSR count). The lowest BCUT2D eigenvalue weighted by Crippen LogP contribution is -2.32. The van der Waals surface area contributed by atoms with Crippen molar-refractivity contribution in [2.75, 3.05) is 0 Å². The van der Waals surface area contributed by atoms with Crippen LogP contribution in [0.3, 0.4) is 0 Å². The first-order valence-corrected chi connectivity index (χ1v) is 5.10. The van der Waals surface area contributed by atoms with Crippen molar-refractivity contribution in [3.63, 3.8) is 0 Å². The van der Waals surface area contributed by atoms with Crippen LogP contribution in [-0.2, 0) is 0 Å². The van der Waals surface area contributed by atoms with Crippen molar-refractivity contribution in [3.8, 4) is 0 Å². The van der Waals surface area contributed by atoms with E-state index in [4.69, 9.17) is 0 Å². The van der Waals surface area contributed by atoms with Gasteiger partial charge in [0.2, 0.25) is 0 Å². The van der Waals surface area contributed by atoms with Crippen molar-refractivity contribution in [2.45, 2.75) is 40.0 Å². The maximum absolute atomic E-state index is 10.4. The van der Waals surface area contributed by atoms with Crippen molar-refractivity contribution in [3.05, 3.63) is 10.1 Å². The van der Waals surface area contributed by atoms with Crippen LogP contribution in [-0.4, -0.2) is 10.7 Å². The molecular formula is C10H16N2O2. The first-order chi connectivity index (χ1) is 6.38. The maximum Gasteiger partial charge on any atom is 0.190 e. The predicted octanol–water partition coefficient (Wildman–Crippen LogP) is 2.47. The van der Waals surface area contributed by atoms with Crippen LogP contribution in [0.5, 0.6) is 0 Å². The molecule has 0 aliphatic heterocycles. The van der Waals surface area contributed by atoms with E-state index in [1.807, 2.05) is 0 Å². The van der Waals surface area contributed by atoms with E-state index in [9.17, 15) is 10.1 Å². The average Bonchev–Trinajstić information content (AvgIpc) is 2.35. The van der Waals surface area contributed by atoms with Crippen molar-refractivity contribution in [1.29, 1.82) is 0 Å². The van der Waals surface area contributed by atoms with Gasteiger partial charge < -0.3 is 0 Å². The standard InChI is InChI=1S/C10H16N2O2/c1-9(2)7-4-5-10(9,3)8(6-7)11-12(13)14/h7H,4-6H2,1-3H3/b11-8-/t7-,10+/m1/s1. The molecule has 0 aromatic heterocycles. The molecule has 2 fully saturated rings. The zero-order chi connectivity index (χ0) is 10.6. The molecule has 2 bridgehead atoms. The number of rotatable bonds is 1. The summed E-state index contributed by atoms with van der Waals surface area (Å²) in [6.07, 6.45) is 3.07. The minimum Gasteiger partial charge on any atom is -0.233 e. The van der Waals surface area contributed by atoms with E-state index >= 15 is 0 Å². The second kappa shape index (κ2) is 2.55. The average molecular weight is 196 g/mol. The highest BCUT2D eigenvalue weighted by atomic mass is 16.7. The summed E-state index contributed by atoms with van der Waals surface area (Å²) < 4.78 is 0. The Bertz CT molecular complexity index is 322. The van der Waals surface area contributed by atoms with Gasteiger partial charge in [-0.1, -0.05) is 20.8 Å². The zero-order valence-electron chi connectivity index (χ0n) is 8.91. The number of hydrogen-bond acceptors (Lipinski definition) is 2. The molecule has 0 saturated heterocycles. The van der Waals surface area contributed by atoms with Crippen LogP contribution in [0.2, 0.25) is 0 Å². The van der Waals surface area contributed by atoms with Gasteiger partial charge in [0.05, 0.1) is 10.8 Å². The zero-order valence-corrected chi connectivity index (χ0v) is 8.91. The van der Waals surface area contributed by atoms with Crippen LogP contribution < -0.4 is 0 Å². The molecule has 0 unspecified atom stereocenters. The van der Waals surface area contributed by atoms with Crippen LogP contribution in [0, 0.1) is 26.9 Å². The summed E-state index contributed by atoms with van der Waals surface area (Å²) in [5.74, 6) is 0.589. The first-order valence-electron chi connectivity index (χ1n) is 5.10. The Morgan fingerprint density at radius 2 is 2.14 bits per heavy atom. The van der Waals surface area contributed by atoms with Crippen LogP contribution in [0.4, 0.5) is 0 Å². The monoisotopic (exact) mass is 196 g/mol. The largest absolute Gasteiger partial charge is 0.233 e. The van der Waals surface area contributed by atoms with Crippen LogP contribution in [0.25, 0.3) is 0 Å². The molecule has 14 heavy (non-hydrogen) atoms. The van der Waals surface area contributed by atoms with E-state index in [1.165, 1.54) is 6.42 Å². The maximum atomic E-state index is 10.4. The van der Waals surface area contributed by atoms with Gasteiger partial charge in [-0.3, -0.25) is 0 Å². The quantitative estimate of drug-likeness (QED) is 0.478. The highest BCUT2D eigenvalue weighted by molar-refractivity contribution is 5.93. The number of nitrogens with zero attached hydrogens (tertiary/aromatic N) is 2. The number of hydrazone groups is 1. The first kappa shape index (κ1) is 9.62. The van der Waals surface area contributed by atoms with Gasteiger partial charge in [0.25, 0.3) is 0 Å². The Labute approximate surface area is 83.5 Å². The molecule has 4 heteroatoms. The van der Waals surface area contributed by atoms with Crippen LogP contribution in [0.15, 0.2) is 5.10 Å². The van der Waals surface area contributed by atoms with Gasteiger partial charge in [-0.2, -0.15) is 0 Å². The van der Waals surface area contributed by atoms with Gasteiger partial charge in [-0.25, -0.2) is 10.1 Å². The third-order valence-electron chi connectivity index (χ3n) is 4.71. The Balaban J connectivity index is 2.41. The molecule has 2 atom stereocenters. The van der Waals surface area contributed by atoms with Crippen molar-refractivity contribution < 1.29 is 5.03 Å². The smallest absolute Gasteiger partial charge is 0.190 e. The van der Waals surface area contributed by atoms with E-state index in [1.54, 1.807) is 0 Å². The highest BCUT2D eigenvalue weighted by Crippen LogP contribution is 2.63. The van der Waals surface area contributed by atoms with E-state index in [-0.39, 0.29) is 10.8 Å². The molecule has 78 valence electrons. The summed E-state index contributed by atoms with van der Waals surface area (Å²) in [6, 6.07) is 0. The van der Waals surface area contributed by atoms with Crippen molar-refractivity contribution in [2.24, 2.45) is 21.8 Å². The minimum atomic E-state index is -0.544. The fourth-order valence-electron chi connectivity index (χ4n) is 3.18. The summed E-state index contributed by atoms with van der Waals surface area (Å²) in [5, 5.41) is 13.4. The van der Waals surface area contributed by atoms with Crippen LogP contribution in [0.1, 0.15) is 40.0 Å². The number of fused-ring (bicyclic) bond motifs is 2. The minimum absolute atomic E-state index is 0.0370. The lowest BCUT2D eigenvalue weighted by Gasteiger charge is -2.33. The topological polar surface area (TPSA) is 55.5 Å². The van der Waals surface area contributed by atoms with Gasteiger partial charge in [-0.05, 0) is 30.6 Å². The molecule has 4 nitrogen and oxygen atoms in total. The Kier molecular flexibility index (Phi) is 1.75. The second-order valence-corrected chi connectivity index (χ2v) is 5.28. The summed E-state index contributed by atoms with van der Waals surface area (Å²) in [7, 11) is 0. The second-order valence-electron chi connectivity index (χ2n) is 5.28. The molecular weight excluding hydrogens is 180 g/mol. The SMILES string of the molecule is CC1(C)[C@@H]2CC[C@@]1(C)/C(=N\[N+](=O)[O-])C2. The lowest BCUT2D eigenvalue weighted by atomic mass is 9.70. The van der Waals surface area contributed by atoms with E-state index in [0.717, 1.165) is 18.6 Å². The van der Waals surface area contributed by atoms with Crippen molar-refractivity contribution in [1.82, 2.24) is 0 Å². The van der Waals surface area contributed by atoms with Gasteiger partial charge in [0.15, 0.2) is 5.03 Å². The number of nitro groups is 1. The molecule has 2 aliphatic carbocycles. The number of hydrogen-bond donors (Lipinski definition) is 0. The molecule has 0 heterocycles. The lowest BCUT2D eigenvalue weighted by molar-refractivity contribution is -0.485. The van der Waals surface area contributed by atoms with Gasteiger partial charge in [-0.15, -0.1) is 0 Å². The molecule has 0 aromatic rings. The Hall–Kier alpha value is -0.930. The molecule has 0 spiro atoms. The molecule has 2 aliphatic rings.